The maximum atomic E-state index is 12.3. The summed E-state index contributed by atoms with van der Waals surface area (Å²) in [5.74, 6) is 0.524. The highest BCUT2D eigenvalue weighted by Crippen LogP contribution is 2.21. The van der Waals surface area contributed by atoms with Crippen molar-refractivity contribution in [3.63, 3.8) is 0 Å². The van der Waals surface area contributed by atoms with Crippen LogP contribution < -0.4 is 11.1 Å². The van der Waals surface area contributed by atoms with E-state index in [9.17, 15) is 4.79 Å². The van der Waals surface area contributed by atoms with E-state index in [1.165, 1.54) is 0 Å². The number of aromatic nitrogens is 1. The van der Waals surface area contributed by atoms with Crippen LogP contribution in [0.25, 0.3) is 11.0 Å². The zero-order chi connectivity index (χ0) is 18.5. The first-order chi connectivity index (χ1) is 12.6. The van der Waals surface area contributed by atoms with E-state index in [1.54, 1.807) is 26.4 Å². The number of nitrogens with one attached hydrogen (secondary N) is 1. The van der Waals surface area contributed by atoms with Gasteiger partial charge < -0.3 is 24.9 Å². The molecule has 0 aliphatic carbocycles. The van der Waals surface area contributed by atoms with Crippen LogP contribution in [-0.2, 0) is 29.2 Å². The molecule has 2 aromatic heterocycles. The predicted octanol–water partition coefficient (Wildman–Crippen LogP) is 2.63. The Bertz CT molecular complexity index is 920. The molecule has 0 aliphatic rings. The number of fused-ring (bicyclic) bond motifs is 1. The molecule has 2 heterocycles. The number of furan rings is 1. The van der Waals surface area contributed by atoms with Gasteiger partial charge in [0.25, 0.3) is 5.91 Å². The van der Waals surface area contributed by atoms with Gasteiger partial charge in [-0.25, -0.2) is 4.98 Å². The number of nitrogens with zero attached hydrogens (tertiary/aromatic N) is 1. The molecule has 3 aromatic rings. The van der Waals surface area contributed by atoms with Crippen LogP contribution in [-0.4, -0.2) is 25.1 Å². The van der Waals surface area contributed by atoms with Crippen LogP contribution in [0.4, 0.5) is 5.82 Å². The molecule has 0 unspecified atom stereocenters. The summed E-state index contributed by atoms with van der Waals surface area (Å²) in [6.07, 6.45) is 0. The number of amides is 1. The minimum Gasteiger partial charge on any atom is -0.459 e. The predicted molar refractivity (Wildman–Crippen MR) is 97.5 cm³/mol. The molecule has 0 atom stereocenters. The maximum Gasteiger partial charge on any atom is 0.255 e. The topological polar surface area (TPSA) is 99.6 Å². The first kappa shape index (κ1) is 17.9. The van der Waals surface area contributed by atoms with Gasteiger partial charge in [-0.1, -0.05) is 6.07 Å². The number of anilines is 1. The van der Waals surface area contributed by atoms with Crippen LogP contribution in [0.3, 0.4) is 0 Å². The molecule has 0 bridgehead atoms. The number of pyridine rings is 1. The van der Waals surface area contributed by atoms with E-state index < -0.39 is 0 Å². The van der Waals surface area contributed by atoms with E-state index in [0.29, 0.717) is 30.2 Å². The molecule has 1 amide bonds. The molecule has 3 rings (SSSR count). The zero-order valence-corrected chi connectivity index (χ0v) is 14.7. The Balaban J connectivity index is 1.68. The Hall–Kier alpha value is -2.90. The van der Waals surface area contributed by atoms with Gasteiger partial charge in [-0.3, -0.25) is 4.79 Å². The average Bonchev–Trinajstić information content (AvgIpc) is 3.02. The molecule has 7 nitrogen and oxygen atoms in total. The number of nitrogen functional groups attached to an aromatic ring is 1. The van der Waals surface area contributed by atoms with Gasteiger partial charge in [0.1, 0.15) is 17.2 Å². The number of ether oxygens (including phenoxy) is 2. The summed E-state index contributed by atoms with van der Waals surface area (Å²) in [7, 11) is 3.23. The number of hydrogen-bond donors (Lipinski definition) is 2. The number of carbonyl (C=O) groups excluding carboxylic acids is 1. The van der Waals surface area contributed by atoms with Crippen molar-refractivity contribution in [2.75, 3.05) is 20.0 Å². The van der Waals surface area contributed by atoms with E-state index >= 15 is 0 Å². The highest BCUT2D eigenvalue weighted by Gasteiger charge is 2.13. The molecule has 0 radical (unpaired) electrons. The van der Waals surface area contributed by atoms with Crippen LogP contribution >= 0.6 is 0 Å². The van der Waals surface area contributed by atoms with Crippen LogP contribution in [0.5, 0.6) is 0 Å². The van der Waals surface area contributed by atoms with Gasteiger partial charge in [0, 0.05) is 19.6 Å². The van der Waals surface area contributed by atoms with Crippen molar-refractivity contribution in [2.45, 2.75) is 19.8 Å². The second-order valence-corrected chi connectivity index (χ2v) is 5.87. The summed E-state index contributed by atoms with van der Waals surface area (Å²) in [5, 5.41) is 3.77. The van der Waals surface area contributed by atoms with Gasteiger partial charge in [0.2, 0.25) is 0 Å². The number of carbonyl (C=O) groups is 1. The van der Waals surface area contributed by atoms with E-state index in [1.807, 2.05) is 24.3 Å². The van der Waals surface area contributed by atoms with Crippen molar-refractivity contribution >= 4 is 22.7 Å². The third kappa shape index (κ3) is 4.01. The number of rotatable bonds is 7. The number of hydrogen-bond acceptors (Lipinski definition) is 6. The molecule has 3 N–H and O–H groups in total. The quantitative estimate of drug-likeness (QED) is 0.676. The number of benzene rings is 1. The summed E-state index contributed by atoms with van der Waals surface area (Å²) in [4.78, 5) is 16.5. The van der Waals surface area contributed by atoms with E-state index in [4.69, 9.17) is 19.6 Å². The molecule has 0 fully saturated rings. The molecule has 0 saturated carbocycles. The van der Waals surface area contributed by atoms with Crippen molar-refractivity contribution in [1.29, 1.82) is 0 Å². The summed E-state index contributed by atoms with van der Waals surface area (Å²) in [6, 6.07) is 11.1. The van der Waals surface area contributed by atoms with E-state index in [2.05, 4.69) is 10.3 Å². The lowest BCUT2D eigenvalue weighted by atomic mass is 10.1. The average molecular weight is 355 g/mol. The number of methoxy groups -OCH3 is 2. The van der Waals surface area contributed by atoms with Crippen molar-refractivity contribution < 1.29 is 18.7 Å². The Morgan fingerprint density at radius 2 is 1.96 bits per heavy atom. The first-order valence-electron chi connectivity index (χ1n) is 8.13. The second-order valence-electron chi connectivity index (χ2n) is 5.87. The minimum atomic E-state index is -0.306. The standard InChI is InChI=1S/C19H21N3O4/c1-24-10-12-3-6-17-13(7-12)8-15(26-17)9-21-19(23)16-5-4-14(11-25-2)22-18(16)20/h3-8H,9-11H2,1-2H3,(H2,20,22)(H,21,23). The monoisotopic (exact) mass is 355 g/mol. The Kier molecular flexibility index (Phi) is 5.50. The molecule has 0 aliphatic heterocycles. The van der Waals surface area contributed by atoms with Crippen LogP contribution in [0.15, 0.2) is 40.8 Å². The lowest BCUT2D eigenvalue weighted by Crippen LogP contribution is -2.24. The smallest absolute Gasteiger partial charge is 0.255 e. The fraction of sp³-hybridized carbons (Fsp3) is 0.263. The Morgan fingerprint density at radius 3 is 2.69 bits per heavy atom. The molecular formula is C19H21N3O4. The molecule has 0 spiro atoms. The normalized spacial score (nSPS) is 11.0. The van der Waals surface area contributed by atoms with E-state index in [-0.39, 0.29) is 18.3 Å². The molecule has 136 valence electrons. The molecular weight excluding hydrogens is 334 g/mol. The van der Waals surface area contributed by atoms with Crippen molar-refractivity contribution in [2.24, 2.45) is 0 Å². The van der Waals surface area contributed by atoms with Gasteiger partial charge in [-0.15, -0.1) is 0 Å². The highest BCUT2D eigenvalue weighted by atomic mass is 16.5. The third-order valence-electron chi connectivity index (χ3n) is 3.89. The van der Waals surface area contributed by atoms with Gasteiger partial charge in [0.05, 0.1) is 31.0 Å². The molecule has 26 heavy (non-hydrogen) atoms. The van der Waals surface area contributed by atoms with Gasteiger partial charge in [-0.05, 0) is 35.9 Å². The largest absolute Gasteiger partial charge is 0.459 e. The SMILES string of the molecule is COCc1ccc2oc(CNC(=O)c3ccc(COC)nc3N)cc2c1. The van der Waals surface area contributed by atoms with Crippen LogP contribution in [0.1, 0.15) is 27.4 Å². The number of nitrogens with two attached hydrogens (primary N) is 1. The lowest BCUT2D eigenvalue weighted by Gasteiger charge is -2.07. The van der Waals surface area contributed by atoms with Crippen molar-refractivity contribution in [1.82, 2.24) is 10.3 Å². The summed E-state index contributed by atoms with van der Waals surface area (Å²) in [6.45, 7) is 1.14. The zero-order valence-electron chi connectivity index (χ0n) is 14.7. The van der Waals surface area contributed by atoms with Crippen molar-refractivity contribution in [3.05, 3.63) is 59.0 Å². The summed E-state index contributed by atoms with van der Waals surface area (Å²) in [5.41, 5.74) is 8.68. The summed E-state index contributed by atoms with van der Waals surface area (Å²) < 4.78 is 15.9. The fourth-order valence-corrected chi connectivity index (χ4v) is 2.69. The molecule has 7 heteroatoms. The Labute approximate surface area is 151 Å². The van der Waals surface area contributed by atoms with Crippen LogP contribution in [0.2, 0.25) is 0 Å². The highest BCUT2D eigenvalue weighted by molar-refractivity contribution is 5.98. The lowest BCUT2D eigenvalue weighted by molar-refractivity contribution is 0.0948. The third-order valence-corrected chi connectivity index (χ3v) is 3.89. The van der Waals surface area contributed by atoms with Crippen molar-refractivity contribution in [3.8, 4) is 0 Å². The van der Waals surface area contributed by atoms with Gasteiger partial charge in [0.15, 0.2) is 0 Å². The van der Waals surface area contributed by atoms with Gasteiger partial charge >= 0.3 is 0 Å². The van der Waals surface area contributed by atoms with E-state index in [0.717, 1.165) is 16.5 Å². The first-order valence-corrected chi connectivity index (χ1v) is 8.13. The van der Waals surface area contributed by atoms with Crippen LogP contribution in [0, 0.1) is 0 Å². The Morgan fingerprint density at radius 1 is 1.15 bits per heavy atom. The fourth-order valence-electron chi connectivity index (χ4n) is 2.69. The van der Waals surface area contributed by atoms with Gasteiger partial charge in [-0.2, -0.15) is 0 Å². The minimum absolute atomic E-state index is 0.172. The summed E-state index contributed by atoms with van der Waals surface area (Å²) >= 11 is 0. The molecule has 1 aromatic carbocycles. The molecule has 0 saturated heterocycles. The second kappa shape index (κ2) is 7.99. The maximum absolute atomic E-state index is 12.3.